The molecule has 0 spiro atoms. The van der Waals surface area contributed by atoms with E-state index >= 15 is 0 Å². The van der Waals surface area contributed by atoms with E-state index in [1.165, 1.54) is 0 Å². The topological polar surface area (TPSA) is 47.4 Å². The third kappa shape index (κ3) is 3.45. The van der Waals surface area contributed by atoms with Crippen molar-refractivity contribution in [3.8, 4) is 11.4 Å². The molecular formula is C18H23N3O2. The second-order valence-corrected chi connectivity index (χ2v) is 6.13. The van der Waals surface area contributed by atoms with Gasteiger partial charge in [-0.3, -0.25) is 4.79 Å². The monoisotopic (exact) mass is 313 g/mol. The standard InChI is InChI=1S/C18H23N3O2/c1-14-10-19-18(16-6-4-3-5-7-16)21(14)12-15-8-9-20(11-15)17(22)13-23-2/h3-7,10,15H,8-9,11-13H2,1-2H3. The molecule has 3 rings (SSSR count). The first-order chi connectivity index (χ1) is 11.2. The van der Waals surface area contributed by atoms with Crippen molar-refractivity contribution >= 4 is 5.91 Å². The number of ether oxygens (including phenoxy) is 1. The van der Waals surface area contributed by atoms with Gasteiger partial charge in [-0.2, -0.15) is 0 Å². The highest BCUT2D eigenvalue weighted by Crippen LogP contribution is 2.24. The summed E-state index contributed by atoms with van der Waals surface area (Å²) in [6.45, 7) is 4.77. The zero-order valence-electron chi connectivity index (χ0n) is 13.7. The molecule has 0 aliphatic carbocycles. The van der Waals surface area contributed by atoms with Gasteiger partial charge in [-0.1, -0.05) is 30.3 Å². The molecule has 1 aromatic carbocycles. The summed E-state index contributed by atoms with van der Waals surface area (Å²) in [5.74, 6) is 1.55. The van der Waals surface area contributed by atoms with Crippen LogP contribution in [0.5, 0.6) is 0 Å². The maximum atomic E-state index is 11.9. The number of carbonyl (C=O) groups excluding carboxylic acids is 1. The van der Waals surface area contributed by atoms with Crippen molar-refractivity contribution in [2.45, 2.75) is 19.9 Å². The Balaban J connectivity index is 1.72. The molecule has 5 nitrogen and oxygen atoms in total. The zero-order valence-corrected chi connectivity index (χ0v) is 13.7. The first-order valence-corrected chi connectivity index (χ1v) is 8.03. The minimum Gasteiger partial charge on any atom is -0.375 e. The molecule has 1 aliphatic rings. The van der Waals surface area contributed by atoms with Crippen molar-refractivity contribution in [1.82, 2.24) is 14.5 Å². The summed E-state index contributed by atoms with van der Waals surface area (Å²) < 4.78 is 7.21. The fraction of sp³-hybridized carbons (Fsp3) is 0.444. The molecule has 23 heavy (non-hydrogen) atoms. The minimum absolute atomic E-state index is 0.0839. The van der Waals surface area contributed by atoms with Crippen LogP contribution in [0.3, 0.4) is 0 Å². The Kier molecular flexibility index (Phi) is 4.76. The lowest BCUT2D eigenvalue weighted by atomic mass is 10.1. The molecule has 1 fully saturated rings. The van der Waals surface area contributed by atoms with E-state index in [9.17, 15) is 4.79 Å². The molecule has 1 aliphatic heterocycles. The van der Waals surface area contributed by atoms with Gasteiger partial charge in [0, 0.05) is 44.2 Å². The van der Waals surface area contributed by atoms with E-state index in [1.807, 2.05) is 29.3 Å². The summed E-state index contributed by atoms with van der Waals surface area (Å²) in [7, 11) is 1.56. The highest BCUT2D eigenvalue weighted by Gasteiger charge is 2.27. The van der Waals surface area contributed by atoms with E-state index in [0.717, 1.165) is 43.1 Å². The summed E-state index contributed by atoms with van der Waals surface area (Å²) in [6.07, 6.45) is 2.95. The Hall–Kier alpha value is -2.14. The molecular weight excluding hydrogens is 290 g/mol. The smallest absolute Gasteiger partial charge is 0.248 e. The van der Waals surface area contributed by atoms with Crippen LogP contribution in [0.2, 0.25) is 0 Å². The van der Waals surface area contributed by atoms with Crippen molar-refractivity contribution in [2.75, 3.05) is 26.8 Å². The number of likely N-dealkylation sites (tertiary alicyclic amines) is 1. The molecule has 2 heterocycles. The molecule has 1 atom stereocenters. The summed E-state index contributed by atoms with van der Waals surface area (Å²) in [4.78, 5) is 18.4. The fourth-order valence-electron chi connectivity index (χ4n) is 3.19. The first kappa shape index (κ1) is 15.7. The number of hydrogen-bond donors (Lipinski definition) is 0. The lowest BCUT2D eigenvalue weighted by molar-refractivity contribution is -0.134. The number of imidazole rings is 1. The van der Waals surface area contributed by atoms with Crippen molar-refractivity contribution in [1.29, 1.82) is 0 Å². The van der Waals surface area contributed by atoms with Crippen LogP contribution in [0.25, 0.3) is 11.4 Å². The summed E-state index contributed by atoms with van der Waals surface area (Å²) >= 11 is 0. The van der Waals surface area contributed by atoms with Gasteiger partial charge >= 0.3 is 0 Å². The van der Waals surface area contributed by atoms with Crippen LogP contribution in [-0.4, -0.2) is 47.2 Å². The van der Waals surface area contributed by atoms with Crippen LogP contribution in [0.1, 0.15) is 12.1 Å². The molecule has 0 bridgehead atoms. The number of hydrogen-bond acceptors (Lipinski definition) is 3. The number of aromatic nitrogens is 2. The zero-order chi connectivity index (χ0) is 16.2. The van der Waals surface area contributed by atoms with Crippen molar-refractivity contribution in [3.05, 3.63) is 42.2 Å². The molecule has 5 heteroatoms. The van der Waals surface area contributed by atoms with Gasteiger partial charge in [-0.05, 0) is 19.3 Å². The number of methoxy groups -OCH3 is 1. The summed E-state index contributed by atoms with van der Waals surface area (Å²) in [5, 5.41) is 0. The van der Waals surface area contributed by atoms with Gasteiger partial charge in [0.2, 0.25) is 5.91 Å². The summed E-state index contributed by atoms with van der Waals surface area (Å²) in [5.41, 5.74) is 2.29. The molecule has 1 amide bonds. The maximum absolute atomic E-state index is 11.9. The Bertz CT molecular complexity index is 666. The number of carbonyl (C=O) groups is 1. The lowest BCUT2D eigenvalue weighted by Gasteiger charge is -2.18. The molecule has 122 valence electrons. The normalized spacial score (nSPS) is 17.7. The average Bonchev–Trinajstić information content (AvgIpc) is 3.17. The number of aryl methyl sites for hydroxylation is 1. The Morgan fingerprint density at radius 3 is 2.87 bits per heavy atom. The quantitative estimate of drug-likeness (QED) is 0.851. The number of nitrogens with zero attached hydrogens (tertiary/aromatic N) is 3. The average molecular weight is 313 g/mol. The van der Waals surface area contributed by atoms with Crippen LogP contribution in [0.4, 0.5) is 0 Å². The Morgan fingerprint density at radius 1 is 1.35 bits per heavy atom. The Morgan fingerprint density at radius 2 is 2.13 bits per heavy atom. The van der Waals surface area contributed by atoms with Gasteiger partial charge in [0.15, 0.2) is 0 Å². The largest absolute Gasteiger partial charge is 0.375 e. The van der Waals surface area contributed by atoms with E-state index in [2.05, 4.69) is 28.6 Å². The van der Waals surface area contributed by atoms with Crippen molar-refractivity contribution in [2.24, 2.45) is 5.92 Å². The molecule has 0 saturated carbocycles. The fourth-order valence-corrected chi connectivity index (χ4v) is 3.19. The number of rotatable bonds is 5. The third-order valence-electron chi connectivity index (χ3n) is 4.43. The second kappa shape index (κ2) is 6.96. The lowest BCUT2D eigenvalue weighted by Crippen LogP contribution is -2.32. The SMILES string of the molecule is COCC(=O)N1CCC(Cn2c(C)cnc2-c2ccccc2)C1. The minimum atomic E-state index is 0.0839. The molecule has 1 unspecified atom stereocenters. The van der Waals surface area contributed by atoms with E-state index in [1.54, 1.807) is 7.11 Å². The second-order valence-electron chi connectivity index (χ2n) is 6.13. The molecule has 1 aromatic heterocycles. The third-order valence-corrected chi connectivity index (χ3v) is 4.43. The van der Waals surface area contributed by atoms with E-state index in [-0.39, 0.29) is 12.5 Å². The highest BCUT2D eigenvalue weighted by atomic mass is 16.5. The molecule has 1 saturated heterocycles. The maximum Gasteiger partial charge on any atom is 0.248 e. The molecule has 0 N–H and O–H groups in total. The van der Waals surface area contributed by atoms with E-state index < -0.39 is 0 Å². The van der Waals surface area contributed by atoms with Gasteiger partial charge in [0.05, 0.1) is 0 Å². The van der Waals surface area contributed by atoms with Gasteiger partial charge in [0.25, 0.3) is 0 Å². The van der Waals surface area contributed by atoms with Crippen LogP contribution in [0.15, 0.2) is 36.5 Å². The van der Waals surface area contributed by atoms with Gasteiger partial charge in [-0.25, -0.2) is 4.98 Å². The van der Waals surface area contributed by atoms with Crippen molar-refractivity contribution in [3.63, 3.8) is 0 Å². The predicted molar refractivity (Wildman–Crippen MR) is 89.0 cm³/mol. The molecule has 2 aromatic rings. The van der Waals surface area contributed by atoms with Crippen LogP contribution in [0, 0.1) is 12.8 Å². The van der Waals surface area contributed by atoms with Crippen LogP contribution < -0.4 is 0 Å². The molecule has 0 radical (unpaired) electrons. The van der Waals surface area contributed by atoms with E-state index in [4.69, 9.17) is 4.74 Å². The number of amides is 1. The van der Waals surface area contributed by atoms with Gasteiger partial charge in [-0.15, -0.1) is 0 Å². The summed E-state index contributed by atoms with van der Waals surface area (Å²) in [6, 6.07) is 10.2. The van der Waals surface area contributed by atoms with Gasteiger partial charge < -0.3 is 14.2 Å². The predicted octanol–water partition coefficient (Wildman–Crippen LogP) is 2.35. The highest BCUT2D eigenvalue weighted by molar-refractivity contribution is 5.77. The van der Waals surface area contributed by atoms with Crippen LogP contribution >= 0.6 is 0 Å². The van der Waals surface area contributed by atoms with Gasteiger partial charge in [0.1, 0.15) is 12.4 Å². The first-order valence-electron chi connectivity index (χ1n) is 8.03. The number of benzene rings is 1. The van der Waals surface area contributed by atoms with Crippen LogP contribution in [-0.2, 0) is 16.1 Å². The van der Waals surface area contributed by atoms with E-state index in [0.29, 0.717) is 5.92 Å². The Labute approximate surface area is 136 Å². The van der Waals surface area contributed by atoms with Crippen molar-refractivity contribution < 1.29 is 9.53 Å².